The van der Waals surface area contributed by atoms with Crippen LogP contribution in [0.25, 0.3) is 11.4 Å². The number of amides is 1. The minimum absolute atomic E-state index is 0.0711. The molecule has 0 fully saturated rings. The first-order valence-corrected chi connectivity index (χ1v) is 9.07. The molecule has 0 saturated carbocycles. The van der Waals surface area contributed by atoms with Gasteiger partial charge in [-0.15, -0.1) is 5.10 Å². The van der Waals surface area contributed by atoms with Crippen molar-refractivity contribution < 1.29 is 23.8 Å². The molecule has 0 aliphatic rings. The Bertz CT molecular complexity index is 1080. The Morgan fingerprint density at radius 2 is 1.90 bits per heavy atom. The van der Waals surface area contributed by atoms with Gasteiger partial charge in [0.2, 0.25) is 5.95 Å². The molecule has 0 bridgehead atoms. The highest BCUT2D eigenvalue weighted by Gasteiger charge is 2.17. The lowest BCUT2D eigenvalue weighted by Crippen LogP contribution is -2.17. The number of esters is 1. The Balaban J connectivity index is 1.77. The SMILES string of the molecule is CCOC(=O)c1ccc(C(=O)Nc2n[nH]c(-c3ccc(OC)cc3OC)n2)nc1C. The summed E-state index contributed by atoms with van der Waals surface area (Å²) in [6, 6.07) is 8.18. The van der Waals surface area contributed by atoms with E-state index in [0.29, 0.717) is 34.1 Å². The van der Waals surface area contributed by atoms with Gasteiger partial charge in [0.05, 0.1) is 37.6 Å². The standard InChI is InChI=1S/C20H21N5O5/c1-5-30-19(27)13-8-9-15(21-11(13)2)18(26)23-20-22-17(24-25-20)14-7-6-12(28-3)10-16(14)29-4/h6-10H,5H2,1-4H3,(H2,22,23,24,25,26). The summed E-state index contributed by atoms with van der Waals surface area (Å²) < 4.78 is 15.5. The fraction of sp³-hybridized carbons (Fsp3) is 0.250. The molecule has 10 nitrogen and oxygen atoms in total. The van der Waals surface area contributed by atoms with Gasteiger partial charge < -0.3 is 14.2 Å². The van der Waals surface area contributed by atoms with Crippen LogP contribution in [0.5, 0.6) is 11.5 Å². The Kier molecular flexibility index (Phi) is 6.26. The van der Waals surface area contributed by atoms with Crippen LogP contribution in [0.15, 0.2) is 30.3 Å². The maximum atomic E-state index is 12.5. The Morgan fingerprint density at radius 3 is 2.57 bits per heavy atom. The number of aryl methyl sites for hydroxylation is 1. The maximum absolute atomic E-state index is 12.5. The number of hydrogen-bond acceptors (Lipinski definition) is 8. The van der Waals surface area contributed by atoms with Crippen molar-refractivity contribution in [1.82, 2.24) is 20.2 Å². The second-order valence-corrected chi connectivity index (χ2v) is 6.08. The number of aromatic amines is 1. The smallest absolute Gasteiger partial charge is 0.339 e. The van der Waals surface area contributed by atoms with Crippen molar-refractivity contribution >= 4 is 17.8 Å². The van der Waals surface area contributed by atoms with Crippen LogP contribution < -0.4 is 14.8 Å². The van der Waals surface area contributed by atoms with Gasteiger partial charge in [-0.1, -0.05) is 0 Å². The molecule has 0 saturated heterocycles. The lowest BCUT2D eigenvalue weighted by molar-refractivity contribution is 0.0524. The third-order valence-corrected chi connectivity index (χ3v) is 4.19. The topological polar surface area (TPSA) is 128 Å². The van der Waals surface area contributed by atoms with E-state index < -0.39 is 11.9 Å². The minimum Gasteiger partial charge on any atom is -0.497 e. The number of nitrogens with zero attached hydrogens (tertiary/aromatic N) is 3. The number of ether oxygens (including phenoxy) is 3. The normalized spacial score (nSPS) is 10.4. The summed E-state index contributed by atoms with van der Waals surface area (Å²) in [7, 11) is 3.09. The number of rotatable bonds is 7. The third kappa shape index (κ3) is 4.37. The highest BCUT2D eigenvalue weighted by Crippen LogP contribution is 2.31. The van der Waals surface area contributed by atoms with Crippen LogP contribution in [-0.2, 0) is 4.74 Å². The van der Waals surface area contributed by atoms with E-state index in [4.69, 9.17) is 14.2 Å². The highest BCUT2D eigenvalue weighted by atomic mass is 16.5. The Morgan fingerprint density at radius 1 is 1.10 bits per heavy atom. The second kappa shape index (κ2) is 9.03. The predicted octanol–water partition coefficient (Wildman–Crippen LogP) is 2.62. The first kappa shape index (κ1) is 20.8. The molecule has 3 rings (SSSR count). The molecule has 0 aliphatic carbocycles. The molecule has 1 aromatic carbocycles. The lowest BCUT2D eigenvalue weighted by Gasteiger charge is -2.08. The summed E-state index contributed by atoms with van der Waals surface area (Å²) in [6.07, 6.45) is 0. The molecular weight excluding hydrogens is 390 g/mol. The summed E-state index contributed by atoms with van der Waals surface area (Å²) in [5.74, 6) is 0.655. The second-order valence-electron chi connectivity index (χ2n) is 6.08. The molecule has 0 spiro atoms. The number of pyridine rings is 1. The van der Waals surface area contributed by atoms with E-state index in [-0.39, 0.29) is 18.2 Å². The predicted molar refractivity (Wildman–Crippen MR) is 108 cm³/mol. The fourth-order valence-electron chi connectivity index (χ4n) is 2.71. The van der Waals surface area contributed by atoms with Gasteiger partial charge in [-0.05, 0) is 38.1 Å². The molecule has 2 aromatic heterocycles. The number of hydrogen-bond donors (Lipinski definition) is 2. The molecule has 0 radical (unpaired) electrons. The zero-order valence-electron chi connectivity index (χ0n) is 17.0. The number of methoxy groups -OCH3 is 2. The Hall–Kier alpha value is -3.95. The van der Waals surface area contributed by atoms with Crippen LogP contribution in [-0.4, -0.2) is 52.9 Å². The Labute approximate surface area is 172 Å². The largest absolute Gasteiger partial charge is 0.497 e. The van der Waals surface area contributed by atoms with Gasteiger partial charge >= 0.3 is 5.97 Å². The number of aromatic nitrogens is 4. The summed E-state index contributed by atoms with van der Waals surface area (Å²) in [6.45, 7) is 3.60. The van der Waals surface area contributed by atoms with Crippen LogP contribution in [0.2, 0.25) is 0 Å². The molecule has 10 heteroatoms. The molecule has 30 heavy (non-hydrogen) atoms. The molecule has 156 valence electrons. The van der Waals surface area contributed by atoms with E-state index >= 15 is 0 Å². The monoisotopic (exact) mass is 411 g/mol. The van der Waals surface area contributed by atoms with E-state index in [2.05, 4.69) is 25.5 Å². The molecule has 0 atom stereocenters. The van der Waals surface area contributed by atoms with Crippen LogP contribution in [0, 0.1) is 6.92 Å². The molecule has 0 unspecified atom stereocenters. The van der Waals surface area contributed by atoms with Gasteiger partial charge in [0.15, 0.2) is 5.82 Å². The molecule has 1 amide bonds. The van der Waals surface area contributed by atoms with E-state index in [1.165, 1.54) is 19.2 Å². The number of nitrogens with one attached hydrogen (secondary N) is 2. The molecule has 2 N–H and O–H groups in total. The zero-order valence-corrected chi connectivity index (χ0v) is 17.0. The quantitative estimate of drug-likeness (QED) is 0.568. The van der Waals surface area contributed by atoms with Crippen LogP contribution in [0.3, 0.4) is 0 Å². The number of benzene rings is 1. The number of anilines is 1. The summed E-state index contributed by atoms with van der Waals surface area (Å²) >= 11 is 0. The number of H-pyrrole nitrogens is 1. The lowest BCUT2D eigenvalue weighted by atomic mass is 10.2. The van der Waals surface area contributed by atoms with Crippen molar-refractivity contribution in [3.05, 3.63) is 47.3 Å². The van der Waals surface area contributed by atoms with Crippen molar-refractivity contribution in [2.45, 2.75) is 13.8 Å². The average Bonchev–Trinajstić information content (AvgIpc) is 3.21. The van der Waals surface area contributed by atoms with Crippen molar-refractivity contribution in [2.75, 3.05) is 26.1 Å². The third-order valence-electron chi connectivity index (χ3n) is 4.19. The zero-order chi connectivity index (χ0) is 21.7. The summed E-state index contributed by atoms with van der Waals surface area (Å²) in [4.78, 5) is 32.8. The average molecular weight is 411 g/mol. The van der Waals surface area contributed by atoms with E-state index in [1.54, 1.807) is 39.2 Å². The van der Waals surface area contributed by atoms with Crippen LogP contribution >= 0.6 is 0 Å². The van der Waals surface area contributed by atoms with E-state index in [1.807, 2.05) is 0 Å². The van der Waals surface area contributed by atoms with Crippen molar-refractivity contribution in [3.63, 3.8) is 0 Å². The van der Waals surface area contributed by atoms with Crippen molar-refractivity contribution in [2.24, 2.45) is 0 Å². The molecular formula is C20H21N5O5. The summed E-state index contributed by atoms with van der Waals surface area (Å²) in [5, 5.41) is 9.35. The molecule has 3 aromatic rings. The van der Waals surface area contributed by atoms with Gasteiger partial charge in [0.1, 0.15) is 17.2 Å². The van der Waals surface area contributed by atoms with Crippen molar-refractivity contribution in [3.8, 4) is 22.9 Å². The number of carbonyl (C=O) groups excluding carboxylic acids is 2. The van der Waals surface area contributed by atoms with Gasteiger partial charge in [0, 0.05) is 6.07 Å². The molecule has 2 heterocycles. The van der Waals surface area contributed by atoms with E-state index in [0.717, 1.165) is 0 Å². The first-order chi connectivity index (χ1) is 14.5. The fourth-order valence-corrected chi connectivity index (χ4v) is 2.71. The summed E-state index contributed by atoms with van der Waals surface area (Å²) in [5.41, 5.74) is 1.47. The van der Waals surface area contributed by atoms with Gasteiger partial charge in [0.25, 0.3) is 5.91 Å². The van der Waals surface area contributed by atoms with E-state index in [9.17, 15) is 9.59 Å². The van der Waals surface area contributed by atoms with Crippen LogP contribution in [0.4, 0.5) is 5.95 Å². The minimum atomic E-state index is -0.513. The first-order valence-electron chi connectivity index (χ1n) is 9.07. The van der Waals surface area contributed by atoms with Crippen molar-refractivity contribution in [1.29, 1.82) is 0 Å². The molecule has 0 aliphatic heterocycles. The number of carbonyl (C=O) groups is 2. The highest BCUT2D eigenvalue weighted by molar-refractivity contribution is 6.02. The maximum Gasteiger partial charge on any atom is 0.339 e. The van der Waals surface area contributed by atoms with Gasteiger partial charge in [-0.2, -0.15) is 4.98 Å². The van der Waals surface area contributed by atoms with Gasteiger partial charge in [-0.25, -0.2) is 9.78 Å². The van der Waals surface area contributed by atoms with Crippen LogP contribution in [0.1, 0.15) is 33.5 Å². The van der Waals surface area contributed by atoms with Gasteiger partial charge in [-0.3, -0.25) is 15.2 Å².